The number of nitrogens with one attached hydrogen (secondary N) is 2. The molecule has 2 N–H and O–H groups in total. The van der Waals surface area contributed by atoms with Crippen molar-refractivity contribution in [3.05, 3.63) is 66.4 Å². The summed E-state index contributed by atoms with van der Waals surface area (Å²) in [7, 11) is 4.00. The van der Waals surface area contributed by atoms with Gasteiger partial charge in [-0.2, -0.15) is 4.98 Å². The van der Waals surface area contributed by atoms with Gasteiger partial charge in [0, 0.05) is 43.1 Å². The number of fused-ring (bicyclic) bond motifs is 2. The average molecular weight is 457 g/mol. The molecular formula is C27H32N6O. The zero-order valence-electron chi connectivity index (χ0n) is 19.0. The smallest absolute Gasteiger partial charge is 0.252 e. The van der Waals surface area contributed by atoms with Crippen LogP contribution in [0.25, 0.3) is 21.8 Å². The van der Waals surface area contributed by atoms with Gasteiger partial charge in [0.25, 0.3) is 5.91 Å². The highest BCUT2D eigenvalue weighted by Crippen LogP contribution is 2.26. The molecule has 1 amide bonds. The number of carbonyl (C=O) groups is 1. The molecular weight excluding hydrogens is 424 g/mol. The minimum absolute atomic E-state index is 0. The molecule has 5 rings (SSSR count). The first kappa shape index (κ1) is 23.4. The number of rotatable bonds is 5. The first-order chi connectivity index (χ1) is 16.1. The van der Waals surface area contributed by atoms with Crippen LogP contribution in [0.1, 0.15) is 43.5 Å². The number of aromatic nitrogens is 3. The lowest BCUT2D eigenvalue weighted by molar-refractivity contribution is 0.0928. The Hall–Kier alpha value is -3.74. The van der Waals surface area contributed by atoms with Crippen LogP contribution in [0.5, 0.6) is 0 Å². The number of para-hydroxylation sites is 2. The maximum atomic E-state index is 12.9. The standard InChI is InChI=1S/C26H28N6O.CH4/c1-32(2)24-21-8-4-6-10-23(21)30-26(31-24)29-18-13-11-17(12-14-18)28-25(33)20-15-16-27-22-9-5-3-7-19(20)22;/h3-10,15-18H,11-14H2,1-2H3,(H,28,33)(H,29,30,31);1H4. The predicted molar refractivity (Wildman–Crippen MR) is 139 cm³/mol. The minimum Gasteiger partial charge on any atom is -0.362 e. The fourth-order valence-electron chi connectivity index (χ4n) is 4.59. The summed E-state index contributed by atoms with van der Waals surface area (Å²) < 4.78 is 0. The van der Waals surface area contributed by atoms with Gasteiger partial charge < -0.3 is 15.5 Å². The van der Waals surface area contributed by atoms with Crippen LogP contribution >= 0.6 is 0 Å². The number of hydrogen-bond donors (Lipinski definition) is 2. The third-order valence-electron chi connectivity index (χ3n) is 6.30. The van der Waals surface area contributed by atoms with E-state index in [2.05, 4.69) is 15.6 Å². The van der Waals surface area contributed by atoms with Crippen molar-refractivity contribution in [1.29, 1.82) is 0 Å². The zero-order chi connectivity index (χ0) is 22.8. The molecule has 1 saturated carbocycles. The van der Waals surface area contributed by atoms with Gasteiger partial charge in [-0.3, -0.25) is 9.78 Å². The molecule has 0 unspecified atom stereocenters. The molecule has 0 radical (unpaired) electrons. The molecule has 1 aliphatic rings. The Morgan fingerprint density at radius 1 is 0.853 bits per heavy atom. The largest absolute Gasteiger partial charge is 0.362 e. The Balaban J connectivity index is 0.00000274. The highest BCUT2D eigenvalue weighted by molar-refractivity contribution is 6.06. The van der Waals surface area contributed by atoms with Crippen molar-refractivity contribution in [3.8, 4) is 0 Å². The lowest BCUT2D eigenvalue weighted by atomic mass is 9.91. The van der Waals surface area contributed by atoms with E-state index in [9.17, 15) is 4.79 Å². The molecule has 1 fully saturated rings. The van der Waals surface area contributed by atoms with E-state index in [-0.39, 0.29) is 25.4 Å². The topological polar surface area (TPSA) is 83.0 Å². The van der Waals surface area contributed by atoms with Crippen LogP contribution < -0.4 is 15.5 Å². The summed E-state index contributed by atoms with van der Waals surface area (Å²) in [6.45, 7) is 0. The number of amides is 1. The Morgan fingerprint density at radius 3 is 2.24 bits per heavy atom. The van der Waals surface area contributed by atoms with Crippen molar-refractivity contribution in [2.45, 2.75) is 45.2 Å². The molecule has 0 aliphatic heterocycles. The van der Waals surface area contributed by atoms with Gasteiger partial charge >= 0.3 is 0 Å². The molecule has 2 aromatic heterocycles. The van der Waals surface area contributed by atoms with Crippen molar-refractivity contribution in [2.75, 3.05) is 24.3 Å². The van der Waals surface area contributed by atoms with E-state index >= 15 is 0 Å². The van der Waals surface area contributed by atoms with E-state index in [1.165, 1.54) is 0 Å². The van der Waals surface area contributed by atoms with E-state index in [4.69, 9.17) is 9.97 Å². The normalized spacial score (nSPS) is 17.7. The van der Waals surface area contributed by atoms with Gasteiger partial charge in [-0.25, -0.2) is 4.98 Å². The Morgan fingerprint density at radius 2 is 1.50 bits per heavy atom. The Kier molecular flexibility index (Phi) is 6.91. The maximum absolute atomic E-state index is 12.9. The molecule has 1 aliphatic carbocycles. The Bertz CT molecular complexity index is 1290. The average Bonchev–Trinajstić information content (AvgIpc) is 2.84. The molecule has 4 aromatic rings. The van der Waals surface area contributed by atoms with E-state index in [1.54, 1.807) is 12.3 Å². The molecule has 7 nitrogen and oxygen atoms in total. The summed E-state index contributed by atoms with van der Waals surface area (Å²) in [6, 6.07) is 18.1. The fraction of sp³-hybridized carbons (Fsp3) is 0.333. The summed E-state index contributed by atoms with van der Waals surface area (Å²) in [4.78, 5) is 28.8. The molecule has 0 atom stereocenters. The maximum Gasteiger partial charge on any atom is 0.252 e. The van der Waals surface area contributed by atoms with Gasteiger partial charge in [0.05, 0.1) is 16.6 Å². The first-order valence-corrected chi connectivity index (χ1v) is 11.4. The van der Waals surface area contributed by atoms with Crippen molar-refractivity contribution >= 4 is 39.5 Å². The molecule has 176 valence electrons. The van der Waals surface area contributed by atoms with Crippen LogP contribution in [0.4, 0.5) is 11.8 Å². The molecule has 34 heavy (non-hydrogen) atoms. The highest BCUT2D eigenvalue weighted by atomic mass is 16.1. The van der Waals surface area contributed by atoms with Crippen molar-refractivity contribution in [3.63, 3.8) is 0 Å². The number of pyridine rings is 1. The number of carbonyl (C=O) groups excluding carboxylic acids is 1. The lowest BCUT2D eigenvalue weighted by Gasteiger charge is -2.30. The zero-order valence-corrected chi connectivity index (χ0v) is 19.0. The quantitative estimate of drug-likeness (QED) is 0.438. The first-order valence-electron chi connectivity index (χ1n) is 11.4. The van der Waals surface area contributed by atoms with Crippen LogP contribution in [-0.4, -0.2) is 47.0 Å². The number of anilines is 2. The minimum atomic E-state index is -0.0292. The number of benzene rings is 2. The van der Waals surface area contributed by atoms with Crippen molar-refractivity contribution in [2.24, 2.45) is 0 Å². The third kappa shape index (κ3) is 4.78. The van der Waals surface area contributed by atoms with E-state index in [0.29, 0.717) is 11.5 Å². The van der Waals surface area contributed by atoms with Crippen LogP contribution in [0.15, 0.2) is 60.8 Å². The van der Waals surface area contributed by atoms with E-state index in [0.717, 1.165) is 53.3 Å². The van der Waals surface area contributed by atoms with Crippen LogP contribution in [0, 0.1) is 0 Å². The van der Waals surface area contributed by atoms with Gasteiger partial charge in [0.15, 0.2) is 0 Å². The Labute approximate surface area is 200 Å². The second-order valence-electron chi connectivity index (χ2n) is 8.82. The highest BCUT2D eigenvalue weighted by Gasteiger charge is 2.24. The van der Waals surface area contributed by atoms with Crippen molar-refractivity contribution in [1.82, 2.24) is 20.3 Å². The van der Waals surface area contributed by atoms with Crippen LogP contribution in [-0.2, 0) is 0 Å². The van der Waals surface area contributed by atoms with Gasteiger partial charge in [-0.15, -0.1) is 0 Å². The predicted octanol–water partition coefficient (Wildman–Crippen LogP) is 5.03. The molecule has 0 saturated heterocycles. The van der Waals surface area contributed by atoms with E-state index in [1.807, 2.05) is 67.5 Å². The second-order valence-corrected chi connectivity index (χ2v) is 8.82. The van der Waals surface area contributed by atoms with Gasteiger partial charge in [-0.1, -0.05) is 37.8 Å². The monoisotopic (exact) mass is 456 g/mol. The van der Waals surface area contributed by atoms with Crippen LogP contribution in [0.3, 0.4) is 0 Å². The molecule has 2 aromatic carbocycles. The third-order valence-corrected chi connectivity index (χ3v) is 6.30. The summed E-state index contributed by atoms with van der Waals surface area (Å²) >= 11 is 0. The van der Waals surface area contributed by atoms with Gasteiger partial charge in [-0.05, 0) is 49.9 Å². The summed E-state index contributed by atoms with van der Waals surface area (Å²) in [6.07, 6.45) is 5.44. The van der Waals surface area contributed by atoms with E-state index < -0.39 is 0 Å². The molecule has 2 heterocycles. The number of hydrogen-bond acceptors (Lipinski definition) is 6. The SMILES string of the molecule is C.CN(C)c1nc(NC2CCC(NC(=O)c3ccnc4ccccc34)CC2)nc2ccccc12. The second kappa shape index (κ2) is 10.0. The molecule has 7 heteroatoms. The number of nitrogens with zero attached hydrogens (tertiary/aromatic N) is 4. The molecule has 0 spiro atoms. The molecule has 0 bridgehead atoms. The summed E-state index contributed by atoms with van der Waals surface area (Å²) in [5.41, 5.74) is 2.45. The lowest BCUT2D eigenvalue weighted by Crippen LogP contribution is -2.40. The van der Waals surface area contributed by atoms with Gasteiger partial charge in [0.2, 0.25) is 5.95 Å². The van der Waals surface area contributed by atoms with Crippen molar-refractivity contribution < 1.29 is 4.79 Å². The van der Waals surface area contributed by atoms with Gasteiger partial charge in [0.1, 0.15) is 5.82 Å². The fourth-order valence-corrected chi connectivity index (χ4v) is 4.59. The summed E-state index contributed by atoms with van der Waals surface area (Å²) in [5, 5.41) is 8.69. The summed E-state index contributed by atoms with van der Waals surface area (Å²) in [5.74, 6) is 1.54. The van der Waals surface area contributed by atoms with Crippen LogP contribution in [0.2, 0.25) is 0 Å².